The van der Waals surface area contributed by atoms with Crippen molar-refractivity contribution in [2.45, 2.75) is 11.8 Å². The van der Waals surface area contributed by atoms with Crippen LogP contribution in [0.2, 0.25) is 0 Å². The van der Waals surface area contributed by atoms with Gasteiger partial charge >= 0.3 is 0 Å². The summed E-state index contributed by atoms with van der Waals surface area (Å²) >= 11 is 0. The second kappa shape index (κ2) is 7.44. The van der Waals surface area contributed by atoms with Crippen LogP contribution in [0, 0.1) is 0 Å². The summed E-state index contributed by atoms with van der Waals surface area (Å²) in [6.07, 6.45) is 2.98. The minimum Gasteiger partial charge on any atom is -0.484 e. The van der Waals surface area contributed by atoms with Crippen LogP contribution in [0.5, 0.6) is 5.75 Å². The van der Waals surface area contributed by atoms with Gasteiger partial charge in [0.15, 0.2) is 6.61 Å². The Morgan fingerprint density at radius 3 is 2.92 bits per heavy atom. The number of pyridine rings is 1. The van der Waals surface area contributed by atoms with E-state index in [1.165, 1.54) is 12.3 Å². The molecule has 2 heterocycles. The summed E-state index contributed by atoms with van der Waals surface area (Å²) in [4.78, 5) is 18.5. The molecule has 3 N–H and O–H groups in total. The number of amides is 1. The quantitative estimate of drug-likeness (QED) is 0.584. The summed E-state index contributed by atoms with van der Waals surface area (Å²) in [6, 6.07) is 9.76. The Kier molecular flexibility index (Phi) is 5.08. The minimum atomic E-state index is -3.81. The smallest absolute Gasteiger partial charge is 0.264 e. The van der Waals surface area contributed by atoms with Crippen LogP contribution in [0.25, 0.3) is 11.0 Å². The standard InChI is InChI=1S/C17H18N4O4S/c1-2-18-16(22)11-25-13-6-3-5-12(9-13)21-26(23,24)15-10-20-17-14(15)7-4-8-19-17/h3-10,21H,2,11H2,1H3,(H,18,22)(H,19,20). The van der Waals surface area contributed by atoms with E-state index in [-0.39, 0.29) is 17.4 Å². The highest BCUT2D eigenvalue weighted by atomic mass is 32.2. The largest absolute Gasteiger partial charge is 0.484 e. The molecular formula is C17H18N4O4S. The van der Waals surface area contributed by atoms with Crippen LogP contribution in [0.15, 0.2) is 53.7 Å². The lowest BCUT2D eigenvalue weighted by Gasteiger charge is -2.10. The summed E-state index contributed by atoms with van der Waals surface area (Å²) in [6.45, 7) is 2.19. The van der Waals surface area contributed by atoms with Crippen LogP contribution < -0.4 is 14.8 Å². The highest BCUT2D eigenvalue weighted by molar-refractivity contribution is 7.93. The second-order valence-corrected chi connectivity index (χ2v) is 7.08. The minimum absolute atomic E-state index is 0.106. The molecule has 3 aromatic rings. The first-order chi connectivity index (χ1) is 12.5. The molecular weight excluding hydrogens is 356 g/mol. The van der Waals surface area contributed by atoms with Gasteiger partial charge in [-0.2, -0.15) is 0 Å². The van der Waals surface area contributed by atoms with Gasteiger partial charge in [0, 0.05) is 30.4 Å². The zero-order valence-corrected chi connectivity index (χ0v) is 14.8. The van der Waals surface area contributed by atoms with Gasteiger partial charge in [-0.1, -0.05) is 6.07 Å². The number of H-pyrrole nitrogens is 1. The molecule has 0 aliphatic heterocycles. The summed E-state index contributed by atoms with van der Waals surface area (Å²) in [5.74, 6) is 0.141. The Bertz CT molecular complexity index is 1030. The van der Waals surface area contributed by atoms with Gasteiger partial charge in [0.05, 0.1) is 5.69 Å². The molecule has 0 fully saturated rings. The fraction of sp³-hybridized carbons (Fsp3) is 0.176. The van der Waals surface area contributed by atoms with Gasteiger partial charge in [-0.3, -0.25) is 9.52 Å². The maximum Gasteiger partial charge on any atom is 0.264 e. The van der Waals surface area contributed by atoms with Crippen LogP contribution in [0.4, 0.5) is 5.69 Å². The van der Waals surface area contributed by atoms with Crippen molar-refractivity contribution in [2.24, 2.45) is 0 Å². The monoisotopic (exact) mass is 374 g/mol. The zero-order valence-electron chi connectivity index (χ0n) is 14.0. The Labute approximate surface area is 150 Å². The van der Waals surface area contributed by atoms with Gasteiger partial charge in [-0.15, -0.1) is 0 Å². The molecule has 0 spiro atoms. The maximum absolute atomic E-state index is 12.7. The molecule has 0 bridgehead atoms. The van der Waals surface area contributed by atoms with Gasteiger partial charge in [0.2, 0.25) is 0 Å². The Hall–Kier alpha value is -3.07. The van der Waals surface area contributed by atoms with Gasteiger partial charge in [0.25, 0.3) is 15.9 Å². The number of fused-ring (bicyclic) bond motifs is 1. The number of sulfonamides is 1. The number of nitrogens with zero attached hydrogens (tertiary/aromatic N) is 1. The number of hydrogen-bond donors (Lipinski definition) is 3. The van der Waals surface area contributed by atoms with E-state index in [2.05, 4.69) is 20.0 Å². The molecule has 136 valence electrons. The number of likely N-dealkylation sites (N-methyl/N-ethyl adjacent to an activating group) is 1. The van der Waals surface area contributed by atoms with E-state index in [9.17, 15) is 13.2 Å². The third-order valence-electron chi connectivity index (χ3n) is 3.53. The molecule has 0 aliphatic carbocycles. The van der Waals surface area contributed by atoms with Crippen molar-refractivity contribution < 1.29 is 17.9 Å². The predicted octanol–water partition coefficient (Wildman–Crippen LogP) is 1.88. The van der Waals surface area contributed by atoms with E-state index in [0.29, 0.717) is 29.0 Å². The number of ether oxygens (including phenoxy) is 1. The number of nitrogens with one attached hydrogen (secondary N) is 3. The molecule has 9 heteroatoms. The molecule has 26 heavy (non-hydrogen) atoms. The number of carbonyl (C=O) groups is 1. The molecule has 1 amide bonds. The molecule has 2 aromatic heterocycles. The Balaban J connectivity index is 1.78. The van der Waals surface area contributed by atoms with Gasteiger partial charge in [-0.05, 0) is 31.2 Å². The van der Waals surface area contributed by atoms with Crippen molar-refractivity contribution in [1.29, 1.82) is 0 Å². The van der Waals surface area contributed by atoms with Crippen LogP contribution >= 0.6 is 0 Å². The molecule has 0 radical (unpaired) electrons. The van der Waals surface area contributed by atoms with Gasteiger partial charge < -0.3 is 15.0 Å². The molecule has 0 saturated heterocycles. The lowest BCUT2D eigenvalue weighted by molar-refractivity contribution is -0.122. The lowest BCUT2D eigenvalue weighted by Crippen LogP contribution is -2.28. The third-order valence-corrected chi connectivity index (χ3v) is 4.95. The zero-order chi connectivity index (χ0) is 18.6. The number of aromatic amines is 1. The van der Waals surface area contributed by atoms with E-state index in [1.54, 1.807) is 36.5 Å². The van der Waals surface area contributed by atoms with Crippen molar-refractivity contribution in [3.8, 4) is 5.75 Å². The van der Waals surface area contributed by atoms with Crippen molar-refractivity contribution in [2.75, 3.05) is 17.9 Å². The summed E-state index contributed by atoms with van der Waals surface area (Å²) in [7, 11) is -3.81. The number of hydrogen-bond acceptors (Lipinski definition) is 5. The van der Waals surface area contributed by atoms with Crippen molar-refractivity contribution in [1.82, 2.24) is 15.3 Å². The number of benzene rings is 1. The van der Waals surface area contributed by atoms with Crippen LogP contribution in [0.1, 0.15) is 6.92 Å². The molecule has 3 rings (SSSR count). The van der Waals surface area contributed by atoms with E-state index < -0.39 is 10.0 Å². The molecule has 0 unspecified atom stereocenters. The number of aromatic nitrogens is 2. The number of rotatable bonds is 7. The van der Waals surface area contributed by atoms with E-state index in [1.807, 2.05) is 6.92 Å². The summed E-state index contributed by atoms with van der Waals surface area (Å²) in [5, 5.41) is 3.12. The Morgan fingerprint density at radius 2 is 2.12 bits per heavy atom. The van der Waals surface area contributed by atoms with Gasteiger partial charge in [-0.25, -0.2) is 13.4 Å². The lowest BCUT2D eigenvalue weighted by atomic mass is 10.3. The molecule has 8 nitrogen and oxygen atoms in total. The summed E-state index contributed by atoms with van der Waals surface area (Å²) in [5.41, 5.74) is 0.823. The topological polar surface area (TPSA) is 113 Å². The van der Waals surface area contributed by atoms with Gasteiger partial charge in [0.1, 0.15) is 16.3 Å². The Morgan fingerprint density at radius 1 is 1.27 bits per heavy atom. The fourth-order valence-electron chi connectivity index (χ4n) is 2.41. The van der Waals surface area contributed by atoms with E-state index in [4.69, 9.17) is 4.74 Å². The molecule has 0 atom stereocenters. The average Bonchev–Trinajstić information content (AvgIpc) is 3.05. The molecule has 1 aromatic carbocycles. The third kappa shape index (κ3) is 3.94. The fourth-order valence-corrected chi connectivity index (χ4v) is 3.63. The van der Waals surface area contributed by atoms with E-state index >= 15 is 0 Å². The first-order valence-corrected chi connectivity index (χ1v) is 9.42. The van der Waals surface area contributed by atoms with Crippen LogP contribution in [-0.2, 0) is 14.8 Å². The second-order valence-electron chi connectivity index (χ2n) is 5.43. The molecule has 0 saturated carbocycles. The van der Waals surface area contributed by atoms with Crippen molar-refractivity contribution in [3.05, 3.63) is 48.8 Å². The number of anilines is 1. The van der Waals surface area contributed by atoms with E-state index in [0.717, 1.165) is 0 Å². The summed E-state index contributed by atoms with van der Waals surface area (Å²) < 4.78 is 33.2. The predicted molar refractivity (Wildman–Crippen MR) is 97.5 cm³/mol. The normalized spacial score (nSPS) is 11.3. The van der Waals surface area contributed by atoms with Crippen LogP contribution in [0.3, 0.4) is 0 Å². The highest BCUT2D eigenvalue weighted by Gasteiger charge is 2.19. The first-order valence-electron chi connectivity index (χ1n) is 7.94. The maximum atomic E-state index is 12.7. The average molecular weight is 374 g/mol. The SMILES string of the molecule is CCNC(=O)COc1cccc(NS(=O)(=O)c2c[nH]c3ncccc23)c1. The van der Waals surface area contributed by atoms with Crippen LogP contribution in [-0.4, -0.2) is 37.4 Å². The first kappa shape index (κ1) is 17.7. The number of carbonyl (C=O) groups excluding carboxylic acids is 1. The van der Waals surface area contributed by atoms with Crippen molar-refractivity contribution >= 4 is 32.7 Å². The van der Waals surface area contributed by atoms with Crippen molar-refractivity contribution in [3.63, 3.8) is 0 Å². The molecule has 0 aliphatic rings. The highest BCUT2D eigenvalue weighted by Crippen LogP contribution is 2.25.